The number of aliphatic hydroxyl groups excluding tert-OH is 1. The zero-order chi connectivity index (χ0) is 35.6. The average molecular weight is 681 g/mol. The third kappa shape index (κ3) is 9.92. The molecule has 0 aromatic heterocycles. The summed E-state index contributed by atoms with van der Waals surface area (Å²) in [5.74, 6) is -1.20. The highest BCUT2D eigenvalue weighted by molar-refractivity contribution is 5.96. The van der Waals surface area contributed by atoms with Crippen LogP contribution >= 0.6 is 0 Å². The number of nitrogens with zero attached hydrogens (tertiary/aromatic N) is 1. The van der Waals surface area contributed by atoms with Crippen LogP contribution in [0.25, 0.3) is 0 Å². The molecule has 3 aromatic carbocycles. The molecule has 1 fully saturated rings. The van der Waals surface area contributed by atoms with E-state index in [-0.39, 0.29) is 43.8 Å². The quantitative estimate of drug-likeness (QED) is 0.170. The number of carbonyl (C=O) groups excluding carboxylic acids is 3. The summed E-state index contributed by atoms with van der Waals surface area (Å²) < 4.78 is 39.7. The highest BCUT2D eigenvalue weighted by Gasteiger charge is 2.53. The first-order chi connectivity index (χ1) is 23.3. The van der Waals surface area contributed by atoms with Gasteiger partial charge in [0.1, 0.15) is 11.6 Å². The van der Waals surface area contributed by atoms with Gasteiger partial charge in [0.15, 0.2) is 0 Å². The first-order valence-electron chi connectivity index (χ1n) is 16.9. The molecular weight excluding hydrogens is 633 g/mol. The second kappa shape index (κ2) is 16.9. The fraction of sp³-hybridized carbons (Fsp3) is 0.447. The Hall–Kier alpha value is -4.22. The van der Waals surface area contributed by atoms with Gasteiger partial charge in [-0.15, -0.1) is 0 Å². The van der Waals surface area contributed by atoms with E-state index in [1.54, 1.807) is 11.0 Å². The van der Waals surface area contributed by atoms with Gasteiger partial charge in [0, 0.05) is 26.6 Å². The maximum Gasteiger partial charge on any atom is 0.416 e. The Balaban J connectivity index is 1.56. The highest BCUT2D eigenvalue weighted by atomic mass is 19.4. The van der Waals surface area contributed by atoms with Crippen molar-refractivity contribution >= 4 is 17.7 Å². The number of hydrogen-bond acceptors (Lipinski definition) is 5. The minimum Gasteiger partial charge on any atom is -0.390 e. The van der Waals surface area contributed by atoms with Crippen molar-refractivity contribution in [3.05, 3.63) is 107 Å². The van der Waals surface area contributed by atoms with Crippen molar-refractivity contribution in [1.82, 2.24) is 20.9 Å². The summed E-state index contributed by atoms with van der Waals surface area (Å²) in [6, 6.07) is 22.3. The molecule has 0 bridgehead atoms. The first-order valence-corrected chi connectivity index (χ1v) is 16.9. The molecule has 3 amide bonds. The van der Waals surface area contributed by atoms with Crippen LogP contribution in [0.4, 0.5) is 13.2 Å². The molecule has 1 aliphatic heterocycles. The van der Waals surface area contributed by atoms with Crippen molar-refractivity contribution in [2.75, 3.05) is 13.1 Å². The molecule has 1 aliphatic rings. The van der Waals surface area contributed by atoms with Crippen LogP contribution in [0.1, 0.15) is 62.3 Å². The van der Waals surface area contributed by atoms with E-state index >= 15 is 0 Å². The molecule has 1 unspecified atom stereocenters. The normalized spacial score (nSPS) is 18.8. The maximum absolute atomic E-state index is 14.3. The van der Waals surface area contributed by atoms with Crippen molar-refractivity contribution in [2.24, 2.45) is 5.92 Å². The lowest BCUT2D eigenvalue weighted by Gasteiger charge is -2.36. The van der Waals surface area contributed by atoms with Crippen LogP contribution in [0.15, 0.2) is 84.9 Å². The molecule has 11 heteroatoms. The largest absolute Gasteiger partial charge is 0.416 e. The number of rotatable bonds is 16. The number of carbonyl (C=O) groups is 3. The number of hydrogen-bond donors (Lipinski definition) is 4. The molecule has 3 aromatic rings. The Bertz CT molecular complexity index is 1540. The molecule has 4 N–H and O–H groups in total. The Kier molecular flexibility index (Phi) is 13.0. The van der Waals surface area contributed by atoms with E-state index in [1.807, 2.05) is 74.5 Å². The van der Waals surface area contributed by atoms with Crippen LogP contribution in [0.3, 0.4) is 0 Å². The molecular formula is C38H47F3N4O4. The second-order valence-corrected chi connectivity index (χ2v) is 13.0. The van der Waals surface area contributed by atoms with Crippen LogP contribution in [0.5, 0.6) is 0 Å². The van der Waals surface area contributed by atoms with E-state index in [9.17, 15) is 32.7 Å². The predicted molar refractivity (Wildman–Crippen MR) is 182 cm³/mol. The number of benzene rings is 3. The molecule has 0 spiro atoms. The number of likely N-dealkylation sites (tertiary alicyclic amines) is 1. The summed E-state index contributed by atoms with van der Waals surface area (Å²) in [6.45, 7) is 5.62. The van der Waals surface area contributed by atoms with Crippen LogP contribution in [0.2, 0.25) is 0 Å². The highest BCUT2D eigenvalue weighted by Crippen LogP contribution is 2.35. The number of halogens is 3. The number of aliphatic hydroxyl groups is 1. The van der Waals surface area contributed by atoms with Gasteiger partial charge in [-0.3, -0.25) is 14.4 Å². The minimum absolute atomic E-state index is 0.00892. The van der Waals surface area contributed by atoms with E-state index in [1.165, 1.54) is 13.0 Å². The molecule has 4 rings (SSSR count). The number of alkyl halides is 3. The van der Waals surface area contributed by atoms with Crippen LogP contribution in [-0.2, 0) is 39.9 Å². The predicted octanol–water partition coefficient (Wildman–Crippen LogP) is 5.04. The van der Waals surface area contributed by atoms with Gasteiger partial charge in [-0.05, 0) is 54.4 Å². The molecule has 0 aliphatic carbocycles. The standard InChI is InChI=1S/C38H47F3N4O4/c1-4-26(2)37(44-27(3)46)20-21-45(36(37)49)33(19-18-28-12-7-5-8-13-28)35(48)43-32(23-29-14-9-6-10-15-29)34(47)25-42-24-30-16-11-17-31(22-30)38(39,40)41/h5-17,22,26,32-34,42,47H,4,18-21,23-25H2,1-3H3,(H,43,48)(H,44,46)/t26?,32-,33-,34+,37-/m0/s1. The number of nitrogens with one attached hydrogen (secondary N) is 3. The van der Waals surface area contributed by atoms with E-state index < -0.39 is 41.4 Å². The molecule has 0 radical (unpaired) electrons. The van der Waals surface area contributed by atoms with Gasteiger partial charge in [-0.2, -0.15) is 13.2 Å². The Morgan fingerprint density at radius 1 is 0.959 bits per heavy atom. The van der Waals surface area contributed by atoms with E-state index in [0.29, 0.717) is 31.2 Å². The van der Waals surface area contributed by atoms with Crippen LogP contribution in [-0.4, -0.2) is 64.5 Å². The summed E-state index contributed by atoms with van der Waals surface area (Å²) in [6.07, 6.45) is -3.45. The summed E-state index contributed by atoms with van der Waals surface area (Å²) in [4.78, 5) is 42.3. The Morgan fingerprint density at radius 3 is 2.20 bits per heavy atom. The Labute approximate surface area is 286 Å². The summed E-state index contributed by atoms with van der Waals surface area (Å²) in [5.41, 5.74) is 0.395. The molecule has 8 nitrogen and oxygen atoms in total. The molecule has 5 atom stereocenters. The lowest BCUT2D eigenvalue weighted by atomic mass is 9.81. The lowest BCUT2D eigenvalue weighted by molar-refractivity contribution is -0.144. The Morgan fingerprint density at radius 2 is 1.59 bits per heavy atom. The van der Waals surface area contributed by atoms with E-state index in [4.69, 9.17) is 0 Å². The van der Waals surface area contributed by atoms with E-state index in [2.05, 4.69) is 16.0 Å². The van der Waals surface area contributed by atoms with Gasteiger partial charge < -0.3 is 26.0 Å². The monoisotopic (exact) mass is 680 g/mol. The van der Waals surface area contributed by atoms with Crippen LogP contribution in [0, 0.1) is 5.92 Å². The summed E-state index contributed by atoms with van der Waals surface area (Å²) in [7, 11) is 0. The smallest absolute Gasteiger partial charge is 0.390 e. The van der Waals surface area contributed by atoms with Gasteiger partial charge in [0.2, 0.25) is 17.7 Å². The summed E-state index contributed by atoms with van der Waals surface area (Å²) in [5, 5.41) is 20.4. The van der Waals surface area contributed by atoms with Crippen molar-refractivity contribution in [2.45, 2.75) is 89.3 Å². The van der Waals surface area contributed by atoms with Gasteiger partial charge in [0.25, 0.3) is 0 Å². The average Bonchev–Trinajstić information content (AvgIpc) is 3.40. The molecule has 0 saturated carbocycles. The molecule has 1 saturated heterocycles. The maximum atomic E-state index is 14.3. The second-order valence-electron chi connectivity index (χ2n) is 13.0. The fourth-order valence-corrected chi connectivity index (χ4v) is 6.59. The van der Waals surface area contributed by atoms with Crippen molar-refractivity contribution in [3.63, 3.8) is 0 Å². The van der Waals surface area contributed by atoms with Crippen LogP contribution < -0.4 is 16.0 Å². The zero-order valence-electron chi connectivity index (χ0n) is 28.3. The number of aryl methyl sites for hydroxylation is 1. The topological polar surface area (TPSA) is 111 Å². The molecule has 264 valence electrons. The van der Waals surface area contributed by atoms with Crippen molar-refractivity contribution in [1.29, 1.82) is 0 Å². The fourth-order valence-electron chi connectivity index (χ4n) is 6.59. The lowest BCUT2D eigenvalue weighted by Crippen LogP contribution is -2.60. The molecule has 49 heavy (non-hydrogen) atoms. The summed E-state index contributed by atoms with van der Waals surface area (Å²) >= 11 is 0. The van der Waals surface area contributed by atoms with E-state index in [0.717, 1.165) is 23.3 Å². The van der Waals surface area contributed by atoms with Gasteiger partial charge in [0.05, 0.1) is 17.7 Å². The SMILES string of the molecule is CCC(C)[C@@]1(NC(C)=O)CCN([C@@H](CCc2ccccc2)C(=O)N[C@@H](Cc2ccccc2)[C@H](O)CNCc2cccc(C(F)(F)F)c2)C1=O. The first kappa shape index (κ1) is 37.6. The number of amides is 3. The van der Waals surface area contributed by atoms with Crippen molar-refractivity contribution in [3.8, 4) is 0 Å². The third-order valence-corrected chi connectivity index (χ3v) is 9.50. The zero-order valence-corrected chi connectivity index (χ0v) is 28.3. The third-order valence-electron chi connectivity index (χ3n) is 9.50. The van der Waals surface area contributed by atoms with Crippen molar-refractivity contribution < 1.29 is 32.7 Å². The van der Waals surface area contributed by atoms with Gasteiger partial charge in [-0.25, -0.2) is 0 Å². The minimum atomic E-state index is -4.47. The van der Waals surface area contributed by atoms with Gasteiger partial charge >= 0.3 is 6.18 Å². The van der Waals surface area contributed by atoms with Gasteiger partial charge in [-0.1, -0.05) is 99.1 Å². The molecule has 1 heterocycles.